The van der Waals surface area contributed by atoms with Crippen molar-refractivity contribution >= 4 is 34.7 Å². The van der Waals surface area contributed by atoms with E-state index in [9.17, 15) is 14.4 Å². The second kappa shape index (κ2) is 10.1. The van der Waals surface area contributed by atoms with Gasteiger partial charge >= 0.3 is 0 Å². The Labute approximate surface area is 191 Å². The van der Waals surface area contributed by atoms with Gasteiger partial charge < -0.3 is 4.90 Å². The average molecular weight is 446 g/mol. The number of hydrazine groups is 1. The first-order valence-corrected chi connectivity index (χ1v) is 11.1. The van der Waals surface area contributed by atoms with Crippen LogP contribution < -0.4 is 16.4 Å². The highest BCUT2D eigenvalue weighted by Gasteiger charge is 2.26. The van der Waals surface area contributed by atoms with E-state index in [0.29, 0.717) is 49.3 Å². The maximum atomic E-state index is 12.7. The molecular weight excluding hydrogens is 418 g/mol. The van der Waals surface area contributed by atoms with E-state index in [0.717, 1.165) is 5.56 Å². The summed E-state index contributed by atoms with van der Waals surface area (Å²) in [6.07, 6.45) is 4.52. The zero-order chi connectivity index (χ0) is 23.2. The molecule has 2 aromatic carbocycles. The molecule has 1 aromatic heterocycles. The van der Waals surface area contributed by atoms with Crippen molar-refractivity contribution in [2.45, 2.75) is 26.3 Å². The number of likely N-dealkylation sites (tertiary alicyclic amines) is 1. The van der Waals surface area contributed by atoms with Gasteiger partial charge in [0.05, 0.1) is 10.9 Å². The first kappa shape index (κ1) is 22.3. The van der Waals surface area contributed by atoms with Crippen molar-refractivity contribution < 1.29 is 9.59 Å². The van der Waals surface area contributed by atoms with Gasteiger partial charge in [-0.05, 0) is 43.5 Å². The van der Waals surface area contributed by atoms with Gasteiger partial charge in [-0.2, -0.15) is 0 Å². The fourth-order valence-corrected chi connectivity index (χ4v) is 3.98. The van der Waals surface area contributed by atoms with Crippen molar-refractivity contribution in [2.24, 2.45) is 5.92 Å². The molecule has 3 aromatic rings. The molecular formula is C25H27N5O3. The van der Waals surface area contributed by atoms with Crippen LogP contribution in [-0.4, -0.2) is 39.4 Å². The van der Waals surface area contributed by atoms with Crippen molar-refractivity contribution in [2.75, 3.05) is 18.5 Å². The Morgan fingerprint density at radius 2 is 1.76 bits per heavy atom. The zero-order valence-electron chi connectivity index (χ0n) is 18.5. The molecule has 0 unspecified atom stereocenters. The molecule has 1 aliphatic rings. The SMILES string of the molecule is CCn1c(NNC(=O)C2CCN(C(=O)/C=C/c3ccccc3)CC2)nc2ccccc2c1=O. The van der Waals surface area contributed by atoms with Gasteiger partial charge in [0.1, 0.15) is 0 Å². The number of rotatable bonds is 6. The van der Waals surface area contributed by atoms with Crippen LogP contribution in [0.15, 0.2) is 65.5 Å². The lowest BCUT2D eigenvalue weighted by molar-refractivity contribution is -0.131. The summed E-state index contributed by atoms with van der Waals surface area (Å²) in [5, 5.41) is 0.537. The molecule has 0 bridgehead atoms. The van der Waals surface area contributed by atoms with E-state index in [1.807, 2.05) is 43.3 Å². The van der Waals surface area contributed by atoms with Crippen LogP contribution in [0.4, 0.5) is 5.95 Å². The Balaban J connectivity index is 1.33. The number of hydrogen-bond donors (Lipinski definition) is 2. The summed E-state index contributed by atoms with van der Waals surface area (Å²) in [6.45, 7) is 3.31. The van der Waals surface area contributed by atoms with E-state index < -0.39 is 0 Å². The van der Waals surface area contributed by atoms with Gasteiger partial charge in [-0.25, -0.2) is 4.98 Å². The standard InChI is InChI=1S/C25H27N5O3/c1-2-30-24(33)20-10-6-7-11-21(20)26-25(30)28-27-23(32)19-14-16-29(17-15-19)22(31)13-12-18-8-4-3-5-9-18/h3-13,19H,2,14-17H2,1H3,(H,26,28)(H,27,32)/b13-12+. The maximum Gasteiger partial charge on any atom is 0.262 e. The number of anilines is 1. The molecule has 170 valence electrons. The molecule has 33 heavy (non-hydrogen) atoms. The normalized spacial score (nSPS) is 14.5. The van der Waals surface area contributed by atoms with Crippen LogP contribution >= 0.6 is 0 Å². The van der Waals surface area contributed by atoms with Crippen molar-refractivity contribution in [3.8, 4) is 0 Å². The molecule has 1 aliphatic heterocycles. The van der Waals surface area contributed by atoms with E-state index in [1.165, 1.54) is 4.57 Å². The van der Waals surface area contributed by atoms with Gasteiger partial charge in [-0.15, -0.1) is 0 Å². The first-order chi connectivity index (χ1) is 16.1. The van der Waals surface area contributed by atoms with Crippen LogP contribution in [0.1, 0.15) is 25.3 Å². The molecule has 8 heteroatoms. The predicted octanol–water partition coefficient (Wildman–Crippen LogP) is 2.81. The van der Waals surface area contributed by atoms with E-state index in [-0.39, 0.29) is 23.3 Å². The minimum absolute atomic E-state index is 0.0526. The highest BCUT2D eigenvalue weighted by Crippen LogP contribution is 2.18. The quantitative estimate of drug-likeness (QED) is 0.449. The number of nitrogens with zero attached hydrogens (tertiary/aromatic N) is 3. The van der Waals surface area contributed by atoms with E-state index in [4.69, 9.17) is 0 Å². The number of fused-ring (bicyclic) bond motifs is 1. The lowest BCUT2D eigenvalue weighted by atomic mass is 9.96. The molecule has 0 radical (unpaired) electrons. The van der Waals surface area contributed by atoms with Crippen molar-refractivity contribution in [3.63, 3.8) is 0 Å². The summed E-state index contributed by atoms with van der Waals surface area (Å²) in [5.41, 5.74) is 6.91. The summed E-state index contributed by atoms with van der Waals surface area (Å²) in [5.74, 6) is -0.148. The highest BCUT2D eigenvalue weighted by molar-refractivity contribution is 5.92. The fraction of sp³-hybridized carbons (Fsp3) is 0.280. The lowest BCUT2D eigenvalue weighted by Crippen LogP contribution is -2.44. The number of aromatic nitrogens is 2. The van der Waals surface area contributed by atoms with Crippen molar-refractivity contribution in [1.82, 2.24) is 19.9 Å². The Kier molecular flexibility index (Phi) is 6.83. The molecule has 2 N–H and O–H groups in total. The Bertz CT molecular complexity index is 1230. The summed E-state index contributed by atoms with van der Waals surface area (Å²) >= 11 is 0. The van der Waals surface area contributed by atoms with Gasteiger partial charge in [0, 0.05) is 31.6 Å². The molecule has 2 heterocycles. The third-order valence-corrected chi connectivity index (χ3v) is 5.87. The number of amides is 2. The third kappa shape index (κ3) is 5.11. The second-order valence-electron chi connectivity index (χ2n) is 7.96. The highest BCUT2D eigenvalue weighted by atomic mass is 16.2. The topological polar surface area (TPSA) is 96.3 Å². The van der Waals surface area contributed by atoms with Gasteiger partial charge in [-0.1, -0.05) is 42.5 Å². The number of carbonyl (C=O) groups is 2. The number of hydrogen-bond acceptors (Lipinski definition) is 5. The summed E-state index contributed by atoms with van der Waals surface area (Å²) in [4.78, 5) is 44.1. The zero-order valence-corrected chi connectivity index (χ0v) is 18.5. The predicted molar refractivity (Wildman–Crippen MR) is 128 cm³/mol. The molecule has 1 saturated heterocycles. The van der Waals surface area contributed by atoms with Crippen LogP contribution in [-0.2, 0) is 16.1 Å². The van der Waals surface area contributed by atoms with Crippen molar-refractivity contribution in [1.29, 1.82) is 0 Å². The fourth-order valence-electron chi connectivity index (χ4n) is 3.98. The molecule has 4 rings (SSSR count). The van der Waals surface area contributed by atoms with Crippen LogP contribution in [0.3, 0.4) is 0 Å². The summed E-state index contributed by atoms with van der Waals surface area (Å²) < 4.78 is 1.49. The molecule has 0 spiro atoms. The van der Waals surface area contributed by atoms with E-state index in [1.54, 1.807) is 35.3 Å². The number of piperidine rings is 1. The monoisotopic (exact) mass is 445 g/mol. The van der Waals surface area contributed by atoms with Gasteiger partial charge in [0.15, 0.2) is 0 Å². The molecule has 0 atom stereocenters. The first-order valence-electron chi connectivity index (χ1n) is 11.1. The molecule has 1 fully saturated rings. The van der Waals surface area contributed by atoms with Crippen LogP contribution in [0.25, 0.3) is 17.0 Å². The largest absolute Gasteiger partial charge is 0.339 e. The Morgan fingerprint density at radius 1 is 1.06 bits per heavy atom. The Morgan fingerprint density at radius 3 is 2.48 bits per heavy atom. The smallest absolute Gasteiger partial charge is 0.262 e. The summed E-state index contributed by atoms with van der Waals surface area (Å²) in [6, 6.07) is 16.8. The van der Waals surface area contributed by atoms with Gasteiger partial charge in [-0.3, -0.25) is 29.8 Å². The van der Waals surface area contributed by atoms with E-state index in [2.05, 4.69) is 15.8 Å². The lowest BCUT2D eigenvalue weighted by Gasteiger charge is -2.30. The Hall–Kier alpha value is -3.94. The second-order valence-corrected chi connectivity index (χ2v) is 7.96. The van der Waals surface area contributed by atoms with Gasteiger partial charge in [0.25, 0.3) is 5.56 Å². The third-order valence-electron chi connectivity index (χ3n) is 5.87. The van der Waals surface area contributed by atoms with Crippen LogP contribution in [0, 0.1) is 5.92 Å². The number of benzene rings is 2. The van der Waals surface area contributed by atoms with Crippen molar-refractivity contribution in [3.05, 3.63) is 76.6 Å². The van der Waals surface area contributed by atoms with Crippen LogP contribution in [0.5, 0.6) is 0 Å². The van der Waals surface area contributed by atoms with Gasteiger partial charge in [0.2, 0.25) is 17.8 Å². The summed E-state index contributed by atoms with van der Waals surface area (Å²) in [7, 11) is 0. The minimum atomic E-state index is -0.220. The van der Waals surface area contributed by atoms with Crippen LogP contribution in [0.2, 0.25) is 0 Å². The molecule has 8 nitrogen and oxygen atoms in total. The minimum Gasteiger partial charge on any atom is -0.339 e. The maximum absolute atomic E-state index is 12.7. The number of nitrogens with one attached hydrogen (secondary N) is 2. The molecule has 2 amide bonds. The average Bonchev–Trinajstić information content (AvgIpc) is 2.86. The number of carbonyl (C=O) groups excluding carboxylic acids is 2. The molecule has 0 aliphatic carbocycles. The molecule has 0 saturated carbocycles. The van der Waals surface area contributed by atoms with E-state index >= 15 is 0 Å². The number of para-hydroxylation sites is 1.